The van der Waals surface area contributed by atoms with Crippen LogP contribution in [0.4, 0.5) is 0 Å². The van der Waals surface area contributed by atoms with E-state index in [1.807, 2.05) is 30.9 Å². The number of hydrogen-bond acceptors (Lipinski definition) is 3. The van der Waals surface area contributed by atoms with Crippen molar-refractivity contribution in [3.05, 3.63) is 18.0 Å². The van der Waals surface area contributed by atoms with Crippen LogP contribution in [0.1, 0.15) is 31.7 Å². The number of rotatable bonds is 5. The summed E-state index contributed by atoms with van der Waals surface area (Å²) in [5.74, 6) is 0. The smallest absolute Gasteiger partial charge is 0.104 e. The predicted molar refractivity (Wildman–Crippen MR) is 59.0 cm³/mol. The number of nitriles is 1. The molecule has 0 bridgehead atoms. The predicted octanol–water partition coefficient (Wildman–Crippen LogP) is 1.60. The maximum Gasteiger partial charge on any atom is 0.104 e. The summed E-state index contributed by atoms with van der Waals surface area (Å²) in [7, 11) is 0. The van der Waals surface area contributed by atoms with Crippen LogP contribution in [0.15, 0.2) is 12.4 Å². The number of nitrogens with zero attached hydrogens (tertiary/aromatic N) is 3. The van der Waals surface area contributed by atoms with E-state index in [2.05, 4.69) is 11.2 Å². The van der Waals surface area contributed by atoms with Crippen molar-refractivity contribution in [1.82, 2.24) is 9.78 Å². The normalized spacial score (nSPS) is 14.5. The van der Waals surface area contributed by atoms with Gasteiger partial charge in [-0.15, -0.1) is 0 Å². The van der Waals surface area contributed by atoms with Crippen LogP contribution >= 0.6 is 0 Å². The van der Waals surface area contributed by atoms with Crippen molar-refractivity contribution in [3.63, 3.8) is 0 Å². The van der Waals surface area contributed by atoms with E-state index in [1.54, 1.807) is 0 Å². The molecule has 1 aromatic heterocycles. The van der Waals surface area contributed by atoms with Crippen molar-refractivity contribution in [2.45, 2.75) is 45.2 Å². The molecule has 0 spiro atoms. The lowest BCUT2D eigenvalue weighted by Gasteiger charge is -2.18. The van der Waals surface area contributed by atoms with Crippen LogP contribution in [-0.2, 0) is 6.54 Å². The topological polar surface area (TPSA) is 67.6 Å². The van der Waals surface area contributed by atoms with E-state index in [1.165, 1.54) is 0 Å². The van der Waals surface area contributed by atoms with Crippen LogP contribution in [0.5, 0.6) is 0 Å². The number of hydrogen-bond donors (Lipinski definition) is 1. The SMILES string of the molecule is CCC(N)(C#N)CCCn1cc(C)cn1. The van der Waals surface area contributed by atoms with E-state index >= 15 is 0 Å². The molecular weight excluding hydrogens is 188 g/mol. The molecule has 4 heteroatoms. The summed E-state index contributed by atoms with van der Waals surface area (Å²) in [5.41, 5.74) is 6.37. The van der Waals surface area contributed by atoms with Gasteiger partial charge in [-0.25, -0.2) is 0 Å². The van der Waals surface area contributed by atoms with Crippen molar-refractivity contribution >= 4 is 0 Å². The first-order chi connectivity index (χ1) is 7.09. The van der Waals surface area contributed by atoms with Crippen LogP contribution in [0.2, 0.25) is 0 Å². The van der Waals surface area contributed by atoms with Crippen molar-refractivity contribution < 1.29 is 0 Å². The van der Waals surface area contributed by atoms with E-state index in [0.717, 1.165) is 24.9 Å². The Bertz CT molecular complexity index is 350. The average molecular weight is 206 g/mol. The Morgan fingerprint density at radius 1 is 1.67 bits per heavy atom. The average Bonchev–Trinajstić information content (AvgIpc) is 2.64. The molecule has 0 amide bonds. The van der Waals surface area contributed by atoms with Gasteiger partial charge in [0.2, 0.25) is 0 Å². The molecule has 4 nitrogen and oxygen atoms in total. The second kappa shape index (κ2) is 4.94. The lowest BCUT2D eigenvalue weighted by molar-refractivity contribution is 0.434. The Hall–Kier alpha value is -1.34. The minimum atomic E-state index is -0.664. The molecule has 0 radical (unpaired) electrons. The second-order valence-corrected chi connectivity index (χ2v) is 4.01. The molecule has 1 atom stereocenters. The Morgan fingerprint density at radius 3 is 2.87 bits per heavy atom. The highest BCUT2D eigenvalue weighted by atomic mass is 15.3. The second-order valence-electron chi connectivity index (χ2n) is 4.01. The summed E-state index contributed by atoms with van der Waals surface area (Å²) in [6, 6.07) is 2.17. The maximum absolute atomic E-state index is 8.89. The number of aromatic nitrogens is 2. The van der Waals surface area contributed by atoms with E-state index in [-0.39, 0.29) is 0 Å². The van der Waals surface area contributed by atoms with Gasteiger partial charge in [-0.2, -0.15) is 10.4 Å². The van der Waals surface area contributed by atoms with Gasteiger partial charge in [-0.05, 0) is 31.7 Å². The Morgan fingerprint density at radius 2 is 2.40 bits per heavy atom. The van der Waals surface area contributed by atoms with Gasteiger partial charge >= 0.3 is 0 Å². The molecule has 0 fully saturated rings. The largest absolute Gasteiger partial charge is 0.313 e. The first-order valence-electron chi connectivity index (χ1n) is 5.29. The van der Waals surface area contributed by atoms with E-state index in [0.29, 0.717) is 6.42 Å². The lowest BCUT2D eigenvalue weighted by Crippen LogP contribution is -2.37. The summed E-state index contributed by atoms with van der Waals surface area (Å²) < 4.78 is 1.89. The number of aryl methyl sites for hydroxylation is 2. The fourth-order valence-electron chi connectivity index (χ4n) is 1.46. The van der Waals surface area contributed by atoms with Crippen molar-refractivity contribution in [2.75, 3.05) is 0 Å². The van der Waals surface area contributed by atoms with Crippen LogP contribution in [0.3, 0.4) is 0 Å². The fraction of sp³-hybridized carbons (Fsp3) is 0.636. The molecule has 0 aliphatic carbocycles. The molecule has 1 unspecified atom stereocenters. The summed E-state index contributed by atoms with van der Waals surface area (Å²) in [6.45, 7) is 4.79. The molecule has 1 heterocycles. The maximum atomic E-state index is 8.89. The van der Waals surface area contributed by atoms with Crippen LogP contribution in [0.25, 0.3) is 0 Å². The van der Waals surface area contributed by atoms with Gasteiger partial charge in [0.15, 0.2) is 0 Å². The highest BCUT2D eigenvalue weighted by molar-refractivity contribution is 5.03. The summed E-state index contributed by atoms with van der Waals surface area (Å²) in [6.07, 6.45) is 6.13. The van der Waals surface area contributed by atoms with Gasteiger partial charge in [-0.3, -0.25) is 4.68 Å². The zero-order chi connectivity index (χ0) is 11.3. The molecule has 0 aliphatic heterocycles. The van der Waals surface area contributed by atoms with Gasteiger partial charge in [0, 0.05) is 12.7 Å². The zero-order valence-corrected chi connectivity index (χ0v) is 9.40. The minimum Gasteiger partial charge on any atom is -0.313 e. The number of nitrogens with two attached hydrogens (primary N) is 1. The van der Waals surface area contributed by atoms with Gasteiger partial charge < -0.3 is 5.73 Å². The van der Waals surface area contributed by atoms with Crippen LogP contribution in [0, 0.1) is 18.3 Å². The lowest BCUT2D eigenvalue weighted by atomic mass is 9.93. The zero-order valence-electron chi connectivity index (χ0n) is 9.40. The third kappa shape index (κ3) is 3.37. The minimum absolute atomic E-state index is 0.664. The molecule has 1 rings (SSSR count). The summed E-state index contributed by atoms with van der Waals surface area (Å²) in [4.78, 5) is 0. The van der Waals surface area contributed by atoms with Crippen molar-refractivity contribution in [1.29, 1.82) is 5.26 Å². The molecule has 0 saturated heterocycles. The van der Waals surface area contributed by atoms with E-state index in [9.17, 15) is 0 Å². The van der Waals surface area contributed by atoms with Gasteiger partial charge in [0.25, 0.3) is 0 Å². The first kappa shape index (κ1) is 11.7. The Kier molecular flexibility index (Phi) is 3.87. The molecule has 0 aromatic carbocycles. The third-order valence-corrected chi connectivity index (χ3v) is 2.63. The van der Waals surface area contributed by atoms with Crippen molar-refractivity contribution in [3.8, 4) is 6.07 Å². The molecule has 82 valence electrons. The van der Waals surface area contributed by atoms with Gasteiger partial charge in [0.1, 0.15) is 5.54 Å². The highest BCUT2D eigenvalue weighted by Gasteiger charge is 2.20. The standard InChI is InChI=1S/C11H18N4/c1-3-11(13,9-12)5-4-6-15-8-10(2)7-14-15/h7-8H,3-6,13H2,1-2H3. The third-order valence-electron chi connectivity index (χ3n) is 2.63. The molecule has 0 aliphatic rings. The van der Waals surface area contributed by atoms with E-state index < -0.39 is 5.54 Å². The van der Waals surface area contributed by atoms with Crippen LogP contribution in [-0.4, -0.2) is 15.3 Å². The summed E-state index contributed by atoms with van der Waals surface area (Å²) in [5, 5.41) is 13.1. The fourth-order valence-corrected chi connectivity index (χ4v) is 1.46. The Balaban J connectivity index is 2.37. The van der Waals surface area contributed by atoms with Gasteiger partial charge in [-0.1, -0.05) is 6.92 Å². The molecule has 0 saturated carbocycles. The molecular formula is C11H18N4. The Labute approximate surface area is 90.7 Å². The highest BCUT2D eigenvalue weighted by Crippen LogP contribution is 2.13. The summed E-state index contributed by atoms with van der Waals surface area (Å²) >= 11 is 0. The molecule has 1 aromatic rings. The monoisotopic (exact) mass is 206 g/mol. The molecule has 15 heavy (non-hydrogen) atoms. The van der Waals surface area contributed by atoms with Crippen molar-refractivity contribution in [2.24, 2.45) is 5.73 Å². The van der Waals surface area contributed by atoms with Crippen LogP contribution < -0.4 is 5.73 Å². The van der Waals surface area contributed by atoms with E-state index in [4.69, 9.17) is 11.0 Å². The first-order valence-corrected chi connectivity index (χ1v) is 5.29. The van der Waals surface area contributed by atoms with Gasteiger partial charge in [0.05, 0.1) is 12.3 Å². The quantitative estimate of drug-likeness (QED) is 0.795. The molecule has 2 N–H and O–H groups in total.